The average molecular weight is 385 g/mol. The van der Waals surface area contributed by atoms with Crippen molar-refractivity contribution in [1.82, 2.24) is 4.90 Å². The van der Waals surface area contributed by atoms with Gasteiger partial charge in [-0.2, -0.15) is 0 Å². The second kappa shape index (κ2) is 8.76. The highest BCUT2D eigenvalue weighted by Crippen LogP contribution is 2.20. The van der Waals surface area contributed by atoms with Crippen molar-refractivity contribution in [2.75, 3.05) is 19.5 Å². The summed E-state index contributed by atoms with van der Waals surface area (Å²) >= 11 is 0. The maximum atomic E-state index is 12.5. The van der Waals surface area contributed by atoms with Gasteiger partial charge in [0.15, 0.2) is 0 Å². The van der Waals surface area contributed by atoms with Gasteiger partial charge in [0.05, 0.1) is 17.6 Å². The number of hydrogen-bond acceptors (Lipinski definition) is 6. The zero-order chi connectivity index (χ0) is 20.8. The van der Waals surface area contributed by atoms with Crippen molar-refractivity contribution in [3.05, 3.63) is 69.3 Å². The first kappa shape index (κ1) is 20.6. The van der Waals surface area contributed by atoms with Crippen LogP contribution in [-0.4, -0.2) is 41.8 Å². The fourth-order valence-corrected chi connectivity index (χ4v) is 2.42. The van der Waals surface area contributed by atoms with Crippen molar-refractivity contribution < 1.29 is 24.0 Å². The highest BCUT2D eigenvalue weighted by molar-refractivity contribution is 6.06. The zero-order valence-corrected chi connectivity index (χ0v) is 15.6. The van der Waals surface area contributed by atoms with Gasteiger partial charge in [0.1, 0.15) is 0 Å². The number of amides is 2. The molecule has 0 bridgehead atoms. The van der Waals surface area contributed by atoms with Crippen LogP contribution in [0.1, 0.15) is 33.2 Å². The SMILES string of the molecule is COC(=O)c1cc(C(=O)Nc2cccc(CN(C)C(C)=O)c2)cc([N+](=O)[O-])c1. The van der Waals surface area contributed by atoms with Crippen LogP contribution in [0.5, 0.6) is 0 Å². The summed E-state index contributed by atoms with van der Waals surface area (Å²) in [6, 6.07) is 10.2. The molecule has 0 spiro atoms. The van der Waals surface area contributed by atoms with Gasteiger partial charge >= 0.3 is 5.97 Å². The normalized spacial score (nSPS) is 10.1. The van der Waals surface area contributed by atoms with E-state index < -0.39 is 22.5 Å². The Hall–Kier alpha value is -3.75. The lowest BCUT2D eigenvalue weighted by Gasteiger charge is -2.15. The quantitative estimate of drug-likeness (QED) is 0.464. The van der Waals surface area contributed by atoms with Gasteiger partial charge in [-0.25, -0.2) is 4.79 Å². The molecule has 0 aliphatic heterocycles. The second-order valence-electron chi connectivity index (χ2n) is 6.05. The summed E-state index contributed by atoms with van der Waals surface area (Å²) < 4.78 is 4.57. The first-order valence-electron chi connectivity index (χ1n) is 8.21. The van der Waals surface area contributed by atoms with E-state index in [9.17, 15) is 24.5 Å². The van der Waals surface area contributed by atoms with Gasteiger partial charge in [0, 0.05) is 43.9 Å². The molecular formula is C19H19N3O6. The van der Waals surface area contributed by atoms with Gasteiger partial charge in [-0.1, -0.05) is 12.1 Å². The molecular weight excluding hydrogens is 366 g/mol. The predicted molar refractivity (Wildman–Crippen MR) is 101 cm³/mol. The van der Waals surface area contributed by atoms with Gasteiger partial charge in [-0.05, 0) is 23.8 Å². The van der Waals surface area contributed by atoms with E-state index in [0.717, 1.165) is 24.8 Å². The van der Waals surface area contributed by atoms with Gasteiger partial charge in [0.25, 0.3) is 11.6 Å². The maximum Gasteiger partial charge on any atom is 0.338 e. The number of hydrogen-bond donors (Lipinski definition) is 1. The number of non-ortho nitro benzene ring substituents is 1. The Kier molecular flexibility index (Phi) is 6.43. The number of anilines is 1. The standard InChI is InChI=1S/C19H19N3O6/c1-12(23)21(2)11-13-5-4-6-16(7-13)20-18(24)14-8-15(19(25)28-3)10-17(9-14)22(26)27/h4-10H,11H2,1-3H3,(H,20,24). The molecule has 1 N–H and O–H groups in total. The van der Waals surface area contributed by atoms with Crippen LogP contribution in [0.3, 0.4) is 0 Å². The number of nitrogens with zero attached hydrogens (tertiary/aromatic N) is 2. The second-order valence-corrected chi connectivity index (χ2v) is 6.05. The van der Waals surface area contributed by atoms with Crippen LogP contribution >= 0.6 is 0 Å². The summed E-state index contributed by atoms with van der Waals surface area (Å²) in [5.41, 5.74) is 0.694. The number of nitro groups is 1. The first-order chi connectivity index (χ1) is 13.2. The Morgan fingerprint density at radius 1 is 1.14 bits per heavy atom. The van der Waals surface area contributed by atoms with Crippen LogP contribution in [0.25, 0.3) is 0 Å². The Morgan fingerprint density at radius 2 is 1.82 bits per heavy atom. The number of ether oxygens (including phenoxy) is 1. The predicted octanol–water partition coefficient (Wildman–Crippen LogP) is 2.61. The summed E-state index contributed by atoms with van der Waals surface area (Å²) in [5, 5.41) is 13.7. The molecule has 9 heteroatoms. The molecule has 2 rings (SSSR count). The molecule has 2 aromatic carbocycles. The summed E-state index contributed by atoms with van der Waals surface area (Å²) in [5.74, 6) is -1.50. The van der Waals surface area contributed by atoms with Gasteiger partial charge < -0.3 is 15.0 Å². The van der Waals surface area contributed by atoms with Crippen LogP contribution in [0.15, 0.2) is 42.5 Å². The molecule has 0 heterocycles. The number of carbonyl (C=O) groups is 3. The van der Waals surface area contributed by atoms with Crippen LogP contribution in [0.2, 0.25) is 0 Å². The topological polar surface area (TPSA) is 119 Å². The van der Waals surface area contributed by atoms with Crippen molar-refractivity contribution in [2.24, 2.45) is 0 Å². The van der Waals surface area contributed by atoms with E-state index in [1.807, 2.05) is 0 Å². The van der Waals surface area contributed by atoms with Gasteiger partial charge in [0.2, 0.25) is 5.91 Å². The van der Waals surface area contributed by atoms with E-state index in [-0.39, 0.29) is 17.0 Å². The molecule has 2 aromatic rings. The van der Waals surface area contributed by atoms with Crippen molar-refractivity contribution in [3.63, 3.8) is 0 Å². The Bertz CT molecular complexity index is 941. The summed E-state index contributed by atoms with van der Waals surface area (Å²) in [6.45, 7) is 1.81. The van der Waals surface area contributed by atoms with E-state index in [4.69, 9.17) is 0 Å². The highest BCUT2D eigenvalue weighted by Gasteiger charge is 2.18. The summed E-state index contributed by atoms with van der Waals surface area (Å²) in [4.78, 5) is 47.5. The molecule has 0 fully saturated rings. The number of esters is 1. The van der Waals surface area contributed by atoms with Crippen molar-refractivity contribution in [2.45, 2.75) is 13.5 Å². The molecule has 0 saturated carbocycles. The molecule has 146 valence electrons. The average Bonchev–Trinajstić information content (AvgIpc) is 2.67. The fourth-order valence-electron chi connectivity index (χ4n) is 2.42. The van der Waals surface area contributed by atoms with E-state index in [0.29, 0.717) is 12.2 Å². The van der Waals surface area contributed by atoms with E-state index in [2.05, 4.69) is 10.1 Å². The number of methoxy groups -OCH3 is 1. The third-order valence-electron chi connectivity index (χ3n) is 3.95. The Balaban J connectivity index is 2.27. The van der Waals surface area contributed by atoms with Crippen LogP contribution < -0.4 is 5.32 Å². The third kappa shape index (κ3) is 5.13. The number of rotatable bonds is 6. The lowest BCUT2D eigenvalue weighted by atomic mass is 10.1. The minimum Gasteiger partial charge on any atom is -0.465 e. The number of benzene rings is 2. The number of nitrogens with one attached hydrogen (secondary N) is 1. The number of carbonyl (C=O) groups excluding carboxylic acids is 3. The molecule has 0 atom stereocenters. The molecule has 0 radical (unpaired) electrons. The molecule has 0 unspecified atom stereocenters. The van der Waals surface area contributed by atoms with Crippen molar-refractivity contribution in [3.8, 4) is 0 Å². The molecule has 0 aliphatic rings. The first-order valence-corrected chi connectivity index (χ1v) is 8.21. The van der Waals surface area contributed by atoms with Gasteiger partial charge in [-0.3, -0.25) is 19.7 Å². The minimum absolute atomic E-state index is 0.0548. The molecule has 9 nitrogen and oxygen atoms in total. The lowest BCUT2D eigenvalue weighted by Crippen LogP contribution is -2.23. The van der Waals surface area contributed by atoms with Gasteiger partial charge in [-0.15, -0.1) is 0 Å². The monoisotopic (exact) mass is 385 g/mol. The van der Waals surface area contributed by atoms with Crippen LogP contribution in [0.4, 0.5) is 11.4 Å². The minimum atomic E-state index is -0.785. The van der Waals surface area contributed by atoms with Crippen molar-refractivity contribution in [1.29, 1.82) is 0 Å². The lowest BCUT2D eigenvalue weighted by molar-refractivity contribution is -0.384. The molecule has 2 amide bonds. The van der Waals surface area contributed by atoms with Crippen molar-refractivity contribution >= 4 is 29.2 Å². The van der Waals surface area contributed by atoms with Crippen LogP contribution in [-0.2, 0) is 16.1 Å². The fraction of sp³-hybridized carbons (Fsp3) is 0.211. The number of nitro benzene ring substituents is 1. The largest absolute Gasteiger partial charge is 0.465 e. The molecule has 28 heavy (non-hydrogen) atoms. The van der Waals surface area contributed by atoms with E-state index in [1.165, 1.54) is 17.9 Å². The van der Waals surface area contributed by atoms with E-state index in [1.54, 1.807) is 31.3 Å². The smallest absolute Gasteiger partial charge is 0.338 e. The molecule has 0 saturated heterocycles. The highest BCUT2D eigenvalue weighted by atomic mass is 16.6. The molecule has 0 aliphatic carbocycles. The Morgan fingerprint density at radius 3 is 2.43 bits per heavy atom. The van der Waals surface area contributed by atoms with Crippen LogP contribution in [0, 0.1) is 10.1 Å². The third-order valence-corrected chi connectivity index (χ3v) is 3.95. The summed E-state index contributed by atoms with van der Waals surface area (Å²) in [6.07, 6.45) is 0. The zero-order valence-electron chi connectivity index (χ0n) is 15.6. The summed E-state index contributed by atoms with van der Waals surface area (Å²) in [7, 11) is 2.80. The Labute approximate surface area is 161 Å². The maximum absolute atomic E-state index is 12.5. The van der Waals surface area contributed by atoms with E-state index >= 15 is 0 Å². The molecule has 0 aromatic heterocycles.